The molecule has 1 aliphatic heterocycles. The van der Waals surface area contributed by atoms with E-state index in [-0.39, 0.29) is 23.2 Å². The second kappa shape index (κ2) is 11.6. The van der Waals surface area contributed by atoms with E-state index in [1.54, 1.807) is 17.0 Å². The topological polar surface area (TPSA) is 79.8 Å². The average Bonchev–Trinajstić information content (AvgIpc) is 3.53. The summed E-state index contributed by atoms with van der Waals surface area (Å²) < 4.78 is 31.1. The van der Waals surface area contributed by atoms with E-state index in [0.717, 1.165) is 49.0 Å². The van der Waals surface area contributed by atoms with Crippen LogP contribution in [0, 0.1) is 0 Å². The van der Waals surface area contributed by atoms with Crippen molar-refractivity contribution in [2.75, 3.05) is 50.5 Å². The highest BCUT2D eigenvalue weighted by Crippen LogP contribution is 2.44. The highest BCUT2D eigenvalue weighted by atomic mass is 35.5. The van der Waals surface area contributed by atoms with Crippen LogP contribution in [0.25, 0.3) is 10.2 Å². The van der Waals surface area contributed by atoms with E-state index in [9.17, 15) is 13.2 Å². The number of ether oxygens (including phenoxy) is 1. The molecule has 1 amide bonds. The average molecular weight is 585 g/mol. The fourth-order valence-electron chi connectivity index (χ4n) is 5.31. The van der Waals surface area contributed by atoms with E-state index in [2.05, 4.69) is 4.90 Å². The van der Waals surface area contributed by atoms with E-state index in [4.69, 9.17) is 21.3 Å². The lowest BCUT2D eigenvalue weighted by molar-refractivity contribution is -0.124. The van der Waals surface area contributed by atoms with Crippen LogP contribution < -0.4 is 4.90 Å². The molecule has 1 saturated carbocycles. The van der Waals surface area contributed by atoms with Crippen molar-refractivity contribution in [3.63, 3.8) is 0 Å². The first-order valence-corrected chi connectivity index (χ1v) is 15.3. The smallest absolute Gasteiger partial charge is 0.239 e. The SMILES string of the molecule is CS(=O)(=O)c1cccc2sc(N(CCN3CCOCC3)C(=O)C3(c4ccc(Cl)cc4)CCCC3)nc12.Cl. The van der Waals surface area contributed by atoms with E-state index in [0.29, 0.717) is 42.0 Å². The summed E-state index contributed by atoms with van der Waals surface area (Å²) in [5.41, 5.74) is 0.757. The summed E-state index contributed by atoms with van der Waals surface area (Å²) >= 11 is 7.54. The van der Waals surface area contributed by atoms with Crippen molar-refractivity contribution in [3.05, 3.63) is 53.1 Å². The van der Waals surface area contributed by atoms with Crippen molar-refractivity contribution in [2.24, 2.45) is 0 Å². The summed E-state index contributed by atoms with van der Waals surface area (Å²) in [4.78, 5) is 23.5. The Balaban J connectivity index is 0.00000320. The molecule has 1 aliphatic carbocycles. The number of para-hydroxylation sites is 1. The van der Waals surface area contributed by atoms with E-state index >= 15 is 0 Å². The number of amides is 1. The molecule has 1 aromatic heterocycles. The van der Waals surface area contributed by atoms with Crippen LogP contribution in [0.5, 0.6) is 0 Å². The molecule has 0 radical (unpaired) electrons. The van der Waals surface area contributed by atoms with Gasteiger partial charge in [-0.15, -0.1) is 12.4 Å². The first kappa shape index (κ1) is 28.3. The van der Waals surface area contributed by atoms with Crippen LogP contribution in [0.15, 0.2) is 47.4 Å². The summed E-state index contributed by atoms with van der Waals surface area (Å²) in [5, 5.41) is 1.18. The van der Waals surface area contributed by atoms with Crippen molar-refractivity contribution >= 4 is 66.4 Å². The summed E-state index contributed by atoms with van der Waals surface area (Å²) in [5.74, 6) is 0.0237. The van der Waals surface area contributed by atoms with Crippen LogP contribution in [0.4, 0.5) is 5.13 Å². The molecule has 2 heterocycles. The number of rotatable bonds is 7. The third-order valence-corrected chi connectivity index (χ3v) is 9.68. The predicted octanol–water partition coefficient (Wildman–Crippen LogP) is 4.95. The molecule has 5 rings (SSSR count). The number of halogens is 2. The van der Waals surface area contributed by atoms with Crippen molar-refractivity contribution in [2.45, 2.75) is 36.0 Å². The zero-order chi connectivity index (χ0) is 25.3. The van der Waals surface area contributed by atoms with Crippen molar-refractivity contribution < 1.29 is 17.9 Å². The van der Waals surface area contributed by atoms with Gasteiger partial charge in [-0.25, -0.2) is 13.4 Å². The number of nitrogens with zero attached hydrogens (tertiary/aromatic N) is 3. The molecular formula is C26H31Cl2N3O4S2. The highest BCUT2D eigenvalue weighted by molar-refractivity contribution is 7.91. The number of fused-ring (bicyclic) bond motifs is 1. The van der Waals surface area contributed by atoms with Crippen LogP contribution in [0.2, 0.25) is 5.02 Å². The molecular weight excluding hydrogens is 553 g/mol. The first-order valence-electron chi connectivity index (χ1n) is 12.3. The number of morpholine rings is 1. The maximum absolute atomic E-state index is 14.5. The van der Waals surface area contributed by atoms with Crippen molar-refractivity contribution in [3.8, 4) is 0 Å². The second-order valence-corrected chi connectivity index (χ2v) is 13.0. The lowest BCUT2D eigenvalue weighted by atomic mass is 9.77. The van der Waals surface area contributed by atoms with Crippen LogP contribution in [-0.4, -0.2) is 69.9 Å². The van der Waals surface area contributed by atoms with Crippen LogP contribution in [-0.2, 0) is 24.8 Å². The number of anilines is 1. The number of thiazole rings is 1. The van der Waals surface area contributed by atoms with Gasteiger partial charge in [0, 0.05) is 37.5 Å². The summed E-state index contributed by atoms with van der Waals surface area (Å²) in [6.45, 7) is 4.18. The Hall–Kier alpha value is -1.75. The molecule has 0 unspecified atom stereocenters. The minimum absolute atomic E-state index is 0. The van der Waals surface area contributed by atoms with Gasteiger partial charge < -0.3 is 4.74 Å². The Kier molecular flexibility index (Phi) is 8.82. The van der Waals surface area contributed by atoms with E-state index in [1.807, 2.05) is 30.3 Å². The molecule has 2 fully saturated rings. The number of aromatic nitrogens is 1. The third kappa shape index (κ3) is 5.82. The lowest BCUT2D eigenvalue weighted by Gasteiger charge is -2.35. The maximum atomic E-state index is 14.5. The minimum atomic E-state index is -3.46. The Morgan fingerprint density at radius 2 is 1.81 bits per heavy atom. The normalized spacial score (nSPS) is 18.0. The molecule has 0 spiro atoms. The number of carbonyl (C=O) groups is 1. The molecule has 7 nitrogen and oxygen atoms in total. The fraction of sp³-hybridized carbons (Fsp3) is 0.462. The Labute approximate surface area is 233 Å². The van der Waals surface area contributed by atoms with Gasteiger partial charge in [0.2, 0.25) is 5.91 Å². The van der Waals surface area contributed by atoms with Crippen LogP contribution in [0.1, 0.15) is 31.2 Å². The van der Waals surface area contributed by atoms with Gasteiger partial charge >= 0.3 is 0 Å². The molecule has 3 aromatic rings. The molecule has 37 heavy (non-hydrogen) atoms. The maximum Gasteiger partial charge on any atom is 0.239 e. The zero-order valence-electron chi connectivity index (χ0n) is 20.7. The molecule has 2 aromatic carbocycles. The summed E-state index contributed by atoms with van der Waals surface area (Å²) in [6, 6.07) is 12.8. The largest absolute Gasteiger partial charge is 0.379 e. The van der Waals surface area contributed by atoms with E-state index < -0.39 is 15.3 Å². The Bertz CT molecular complexity index is 1350. The summed E-state index contributed by atoms with van der Waals surface area (Å²) in [6.07, 6.45) is 4.67. The molecule has 1 saturated heterocycles. The van der Waals surface area contributed by atoms with Gasteiger partial charge in [0.1, 0.15) is 5.52 Å². The van der Waals surface area contributed by atoms with Crippen molar-refractivity contribution in [1.29, 1.82) is 0 Å². The van der Waals surface area contributed by atoms with Crippen molar-refractivity contribution in [1.82, 2.24) is 9.88 Å². The minimum Gasteiger partial charge on any atom is -0.379 e. The molecule has 0 bridgehead atoms. The predicted molar refractivity (Wildman–Crippen MR) is 151 cm³/mol. The zero-order valence-corrected chi connectivity index (χ0v) is 23.9. The van der Waals surface area contributed by atoms with Gasteiger partial charge in [0.05, 0.1) is 28.2 Å². The lowest BCUT2D eigenvalue weighted by Crippen LogP contribution is -2.49. The molecule has 0 atom stereocenters. The van der Waals surface area contributed by atoms with Crippen LogP contribution in [0.3, 0.4) is 0 Å². The van der Waals surface area contributed by atoms with Gasteiger partial charge in [-0.2, -0.15) is 0 Å². The molecule has 200 valence electrons. The number of sulfone groups is 1. The second-order valence-electron chi connectivity index (χ2n) is 9.58. The standard InChI is InChI=1S/C26H30ClN3O4S2.ClH/c1-36(32,33)22-6-4-5-21-23(22)28-25(35-21)30(14-13-29-15-17-34-18-16-29)24(31)26(11-2-3-12-26)19-7-9-20(27)10-8-19;/h4-10H,2-3,11-18H2,1H3;1H. The van der Waals surface area contributed by atoms with Gasteiger partial charge in [-0.1, -0.05) is 54.0 Å². The monoisotopic (exact) mass is 583 g/mol. The Morgan fingerprint density at radius 1 is 1.14 bits per heavy atom. The van der Waals surface area contributed by atoms with Crippen LogP contribution >= 0.6 is 35.3 Å². The van der Waals surface area contributed by atoms with Gasteiger partial charge in [-0.3, -0.25) is 14.6 Å². The highest BCUT2D eigenvalue weighted by Gasteiger charge is 2.46. The number of carbonyl (C=O) groups excluding carboxylic acids is 1. The van der Waals surface area contributed by atoms with Gasteiger partial charge in [-0.05, 0) is 42.7 Å². The number of hydrogen-bond donors (Lipinski definition) is 0. The number of benzene rings is 2. The number of hydrogen-bond acceptors (Lipinski definition) is 7. The fourth-order valence-corrected chi connectivity index (χ4v) is 7.35. The Morgan fingerprint density at radius 3 is 2.46 bits per heavy atom. The first-order chi connectivity index (χ1) is 17.3. The molecule has 0 N–H and O–H groups in total. The summed E-state index contributed by atoms with van der Waals surface area (Å²) in [7, 11) is -3.46. The van der Waals surface area contributed by atoms with E-state index in [1.165, 1.54) is 17.6 Å². The van der Waals surface area contributed by atoms with Gasteiger partial charge in [0.25, 0.3) is 0 Å². The molecule has 2 aliphatic rings. The van der Waals surface area contributed by atoms with Gasteiger partial charge in [0.15, 0.2) is 15.0 Å². The third-order valence-electron chi connectivity index (χ3n) is 7.25. The quantitative estimate of drug-likeness (QED) is 0.391. The molecule has 11 heteroatoms.